The Hall–Kier alpha value is -1.61. The highest BCUT2D eigenvalue weighted by Crippen LogP contribution is 2.08. The van der Waals surface area contributed by atoms with Crippen LogP contribution in [0.3, 0.4) is 0 Å². The van der Waals surface area contributed by atoms with Crippen molar-refractivity contribution in [3.8, 4) is 0 Å². The van der Waals surface area contributed by atoms with E-state index < -0.39 is 0 Å². The molecule has 0 saturated carbocycles. The van der Waals surface area contributed by atoms with Crippen molar-refractivity contribution in [1.29, 1.82) is 0 Å². The van der Waals surface area contributed by atoms with Crippen LogP contribution in [-0.4, -0.2) is 19.2 Å². The number of rotatable bonds is 4. The van der Waals surface area contributed by atoms with Gasteiger partial charge in [-0.25, -0.2) is 4.79 Å². The van der Waals surface area contributed by atoms with E-state index in [1.54, 1.807) is 6.08 Å². The van der Waals surface area contributed by atoms with Crippen molar-refractivity contribution in [2.24, 2.45) is 0 Å². The molecule has 0 atom stereocenters. The van der Waals surface area contributed by atoms with Gasteiger partial charge in [-0.05, 0) is 11.6 Å². The molecule has 0 fully saturated rings. The van der Waals surface area contributed by atoms with Crippen LogP contribution in [0.15, 0.2) is 42.0 Å². The molecule has 0 amide bonds. The molecule has 78 valence electrons. The van der Waals surface area contributed by atoms with Gasteiger partial charge in [0.2, 0.25) is 0 Å². The van der Waals surface area contributed by atoms with Crippen molar-refractivity contribution >= 4 is 5.97 Å². The predicted molar refractivity (Wildman–Crippen MR) is 55.1 cm³/mol. The molecule has 0 spiro atoms. The van der Waals surface area contributed by atoms with E-state index in [0.717, 1.165) is 5.56 Å². The second kappa shape index (κ2) is 4.75. The van der Waals surface area contributed by atoms with Crippen LogP contribution in [0.4, 0.5) is 0 Å². The molecule has 0 aromatic heterocycles. The fraction of sp³-hybridized carbons (Fsp3) is 0.250. The van der Waals surface area contributed by atoms with Gasteiger partial charge in [-0.2, -0.15) is 0 Å². The second-order valence-corrected chi connectivity index (χ2v) is 3.31. The van der Waals surface area contributed by atoms with Crippen molar-refractivity contribution in [1.82, 2.24) is 0 Å². The van der Waals surface area contributed by atoms with E-state index in [4.69, 9.17) is 9.47 Å². The molecule has 1 aliphatic rings. The van der Waals surface area contributed by atoms with Gasteiger partial charge in [-0.15, -0.1) is 0 Å². The minimum atomic E-state index is -0.261. The summed E-state index contributed by atoms with van der Waals surface area (Å²) < 4.78 is 10.2. The molecule has 0 saturated heterocycles. The zero-order valence-corrected chi connectivity index (χ0v) is 8.31. The van der Waals surface area contributed by atoms with Gasteiger partial charge < -0.3 is 9.47 Å². The molecule has 3 nitrogen and oxygen atoms in total. The fourth-order valence-electron chi connectivity index (χ4n) is 1.36. The maximum atomic E-state index is 11.0. The number of carbonyl (C=O) groups is 1. The Kier molecular flexibility index (Phi) is 3.15. The summed E-state index contributed by atoms with van der Waals surface area (Å²) in [4.78, 5) is 11.0. The lowest BCUT2D eigenvalue weighted by Gasteiger charge is -2.03. The van der Waals surface area contributed by atoms with E-state index in [1.165, 1.54) is 0 Å². The minimum absolute atomic E-state index is 0.261. The summed E-state index contributed by atoms with van der Waals surface area (Å²) in [5, 5.41) is 0. The molecule has 1 aliphatic heterocycles. The number of carbonyl (C=O) groups excluding carboxylic acids is 1. The highest BCUT2D eigenvalue weighted by molar-refractivity contribution is 5.90. The predicted octanol–water partition coefficient (Wildman–Crippen LogP) is 1.69. The summed E-state index contributed by atoms with van der Waals surface area (Å²) >= 11 is 0. The zero-order chi connectivity index (χ0) is 10.5. The molecular formula is C12H12O3. The average Bonchev–Trinajstić information content (AvgIpc) is 2.66. The summed E-state index contributed by atoms with van der Waals surface area (Å²) in [6, 6.07) is 9.85. The van der Waals surface area contributed by atoms with E-state index >= 15 is 0 Å². The van der Waals surface area contributed by atoms with Crippen molar-refractivity contribution in [2.75, 3.05) is 13.2 Å². The summed E-state index contributed by atoms with van der Waals surface area (Å²) in [7, 11) is 0. The summed E-state index contributed by atoms with van der Waals surface area (Å²) in [5.41, 5.74) is 1.72. The fourth-order valence-corrected chi connectivity index (χ4v) is 1.36. The van der Waals surface area contributed by atoms with Crippen molar-refractivity contribution < 1.29 is 14.3 Å². The van der Waals surface area contributed by atoms with Crippen molar-refractivity contribution in [2.45, 2.75) is 6.61 Å². The Morgan fingerprint density at radius 1 is 1.20 bits per heavy atom. The van der Waals surface area contributed by atoms with Gasteiger partial charge >= 0.3 is 5.97 Å². The molecule has 1 aromatic carbocycles. The van der Waals surface area contributed by atoms with Crippen LogP contribution in [0.25, 0.3) is 0 Å². The SMILES string of the molecule is O=C1OCC=C1COCc1ccccc1. The van der Waals surface area contributed by atoms with Crippen LogP contribution in [0.2, 0.25) is 0 Å². The summed E-state index contributed by atoms with van der Waals surface area (Å²) in [6.45, 7) is 1.22. The number of hydrogen-bond acceptors (Lipinski definition) is 3. The molecule has 0 bridgehead atoms. The van der Waals surface area contributed by atoms with Crippen molar-refractivity contribution in [3.05, 3.63) is 47.5 Å². The Morgan fingerprint density at radius 3 is 2.67 bits per heavy atom. The quantitative estimate of drug-likeness (QED) is 0.700. The standard InChI is InChI=1S/C12H12O3/c13-12-11(6-7-15-12)9-14-8-10-4-2-1-3-5-10/h1-6H,7-9H2. The van der Waals surface area contributed by atoms with Gasteiger partial charge in [0.15, 0.2) is 0 Å². The van der Waals surface area contributed by atoms with Crippen LogP contribution >= 0.6 is 0 Å². The van der Waals surface area contributed by atoms with Gasteiger partial charge in [0, 0.05) is 0 Å². The van der Waals surface area contributed by atoms with Gasteiger partial charge in [0.25, 0.3) is 0 Å². The first-order valence-corrected chi connectivity index (χ1v) is 4.84. The molecule has 2 rings (SSSR count). The third kappa shape index (κ3) is 2.67. The molecule has 0 N–H and O–H groups in total. The van der Waals surface area contributed by atoms with Crippen molar-refractivity contribution in [3.63, 3.8) is 0 Å². The highest BCUT2D eigenvalue weighted by Gasteiger charge is 2.16. The molecule has 15 heavy (non-hydrogen) atoms. The first-order valence-electron chi connectivity index (χ1n) is 4.84. The molecule has 3 heteroatoms. The Morgan fingerprint density at radius 2 is 2.00 bits per heavy atom. The third-order valence-electron chi connectivity index (χ3n) is 2.18. The van der Waals surface area contributed by atoms with Gasteiger partial charge in [0.1, 0.15) is 6.61 Å². The first-order chi connectivity index (χ1) is 7.36. The summed E-state index contributed by atoms with van der Waals surface area (Å²) in [5.74, 6) is -0.261. The van der Waals surface area contributed by atoms with E-state index in [2.05, 4.69) is 0 Å². The van der Waals surface area contributed by atoms with Crippen LogP contribution < -0.4 is 0 Å². The van der Waals surface area contributed by atoms with E-state index in [-0.39, 0.29) is 5.97 Å². The molecule has 1 aromatic rings. The van der Waals surface area contributed by atoms with Crippen LogP contribution in [0.5, 0.6) is 0 Å². The molecular weight excluding hydrogens is 192 g/mol. The molecule has 1 heterocycles. The maximum Gasteiger partial charge on any atom is 0.336 e. The number of cyclic esters (lactones) is 1. The first kappa shape index (κ1) is 9.93. The zero-order valence-electron chi connectivity index (χ0n) is 8.31. The van der Waals surface area contributed by atoms with Gasteiger partial charge in [-0.1, -0.05) is 30.3 Å². The molecule has 0 radical (unpaired) electrons. The number of hydrogen-bond donors (Lipinski definition) is 0. The van der Waals surface area contributed by atoms with E-state index in [9.17, 15) is 4.79 Å². The summed E-state index contributed by atoms with van der Waals surface area (Å²) in [6.07, 6.45) is 1.76. The highest BCUT2D eigenvalue weighted by atomic mass is 16.5. The lowest BCUT2D eigenvalue weighted by atomic mass is 10.2. The third-order valence-corrected chi connectivity index (χ3v) is 2.18. The number of esters is 1. The number of ether oxygens (including phenoxy) is 2. The van der Waals surface area contributed by atoms with Crippen LogP contribution in [-0.2, 0) is 20.9 Å². The maximum absolute atomic E-state index is 11.0. The second-order valence-electron chi connectivity index (χ2n) is 3.31. The minimum Gasteiger partial charge on any atom is -0.458 e. The Balaban J connectivity index is 1.78. The van der Waals surface area contributed by atoms with E-state index in [0.29, 0.717) is 25.4 Å². The Bertz CT molecular complexity index is 368. The van der Waals surface area contributed by atoms with Gasteiger partial charge in [-0.3, -0.25) is 0 Å². The monoisotopic (exact) mass is 204 g/mol. The van der Waals surface area contributed by atoms with Crippen LogP contribution in [0, 0.1) is 0 Å². The molecule has 0 unspecified atom stereocenters. The topological polar surface area (TPSA) is 35.5 Å². The van der Waals surface area contributed by atoms with Gasteiger partial charge in [0.05, 0.1) is 18.8 Å². The van der Waals surface area contributed by atoms with Crippen LogP contribution in [0.1, 0.15) is 5.56 Å². The molecule has 0 aliphatic carbocycles. The normalized spacial score (nSPS) is 14.9. The Labute approximate surface area is 88.3 Å². The average molecular weight is 204 g/mol. The largest absolute Gasteiger partial charge is 0.458 e. The number of benzene rings is 1. The smallest absolute Gasteiger partial charge is 0.336 e. The lowest BCUT2D eigenvalue weighted by molar-refractivity contribution is -0.136. The lowest BCUT2D eigenvalue weighted by Crippen LogP contribution is -2.06. The van der Waals surface area contributed by atoms with E-state index in [1.807, 2.05) is 30.3 Å².